The zero-order chi connectivity index (χ0) is 12.3. The van der Waals surface area contributed by atoms with E-state index >= 15 is 0 Å². The van der Waals surface area contributed by atoms with Gasteiger partial charge in [-0.1, -0.05) is 31.5 Å². The van der Waals surface area contributed by atoms with Crippen molar-refractivity contribution in [1.82, 2.24) is 9.78 Å². The van der Waals surface area contributed by atoms with Crippen molar-refractivity contribution in [3.8, 4) is 11.4 Å². The SMILES string of the molecule is CCCCc1nn(-c2ccccc2C)cc1O. The Labute approximate surface area is 102 Å². The monoisotopic (exact) mass is 230 g/mol. The van der Waals surface area contributed by atoms with E-state index in [1.807, 2.05) is 31.2 Å². The normalized spacial score (nSPS) is 10.7. The Hall–Kier alpha value is -1.77. The van der Waals surface area contributed by atoms with E-state index in [1.54, 1.807) is 10.9 Å². The number of aryl methyl sites for hydroxylation is 2. The van der Waals surface area contributed by atoms with Crippen molar-refractivity contribution in [1.29, 1.82) is 0 Å². The summed E-state index contributed by atoms with van der Waals surface area (Å²) < 4.78 is 1.76. The van der Waals surface area contributed by atoms with Crippen LogP contribution in [0.15, 0.2) is 30.5 Å². The maximum Gasteiger partial charge on any atom is 0.157 e. The van der Waals surface area contributed by atoms with E-state index in [4.69, 9.17) is 0 Å². The number of aromatic hydroxyl groups is 1. The summed E-state index contributed by atoms with van der Waals surface area (Å²) in [5, 5.41) is 14.3. The molecule has 0 aliphatic heterocycles. The molecule has 3 heteroatoms. The smallest absolute Gasteiger partial charge is 0.157 e. The number of hydrogen-bond donors (Lipinski definition) is 1. The summed E-state index contributed by atoms with van der Waals surface area (Å²) in [6.07, 6.45) is 4.68. The quantitative estimate of drug-likeness (QED) is 0.875. The van der Waals surface area contributed by atoms with Crippen LogP contribution < -0.4 is 0 Å². The third-order valence-corrected chi connectivity index (χ3v) is 2.90. The molecule has 0 saturated carbocycles. The van der Waals surface area contributed by atoms with Gasteiger partial charge in [-0.15, -0.1) is 0 Å². The minimum absolute atomic E-state index is 0.293. The van der Waals surface area contributed by atoms with Crippen LogP contribution in [0.5, 0.6) is 5.75 Å². The standard InChI is InChI=1S/C14H18N2O/c1-3-4-8-12-14(17)10-16(15-12)13-9-6-5-7-11(13)2/h5-7,9-10,17H,3-4,8H2,1-2H3. The van der Waals surface area contributed by atoms with Gasteiger partial charge in [0, 0.05) is 0 Å². The molecule has 0 saturated heterocycles. The zero-order valence-electron chi connectivity index (χ0n) is 10.3. The van der Waals surface area contributed by atoms with Crippen molar-refractivity contribution in [2.45, 2.75) is 33.1 Å². The first-order valence-corrected chi connectivity index (χ1v) is 6.06. The maximum atomic E-state index is 9.83. The molecule has 0 fully saturated rings. The zero-order valence-corrected chi connectivity index (χ0v) is 10.3. The summed E-state index contributed by atoms with van der Waals surface area (Å²) in [4.78, 5) is 0. The second kappa shape index (κ2) is 5.04. The summed E-state index contributed by atoms with van der Waals surface area (Å²) in [7, 11) is 0. The van der Waals surface area contributed by atoms with Crippen molar-refractivity contribution < 1.29 is 5.11 Å². The van der Waals surface area contributed by atoms with Gasteiger partial charge in [0.15, 0.2) is 5.75 Å². The molecule has 0 aliphatic rings. The predicted molar refractivity (Wildman–Crippen MR) is 68.6 cm³/mol. The highest BCUT2D eigenvalue weighted by Crippen LogP contribution is 2.21. The summed E-state index contributed by atoms with van der Waals surface area (Å²) in [6.45, 7) is 4.18. The van der Waals surface area contributed by atoms with Crippen molar-refractivity contribution in [3.05, 3.63) is 41.7 Å². The second-order valence-electron chi connectivity index (χ2n) is 4.30. The van der Waals surface area contributed by atoms with Crippen molar-refractivity contribution in [3.63, 3.8) is 0 Å². The topological polar surface area (TPSA) is 38.0 Å². The molecule has 90 valence electrons. The van der Waals surface area contributed by atoms with Crippen LogP contribution in [0.3, 0.4) is 0 Å². The highest BCUT2D eigenvalue weighted by molar-refractivity contribution is 5.41. The average Bonchev–Trinajstić information content (AvgIpc) is 2.68. The summed E-state index contributed by atoms with van der Waals surface area (Å²) in [6, 6.07) is 8.03. The van der Waals surface area contributed by atoms with Gasteiger partial charge >= 0.3 is 0 Å². The maximum absolute atomic E-state index is 9.83. The molecule has 0 radical (unpaired) electrons. The fourth-order valence-corrected chi connectivity index (χ4v) is 1.87. The minimum atomic E-state index is 0.293. The van der Waals surface area contributed by atoms with Gasteiger partial charge in [0.25, 0.3) is 0 Å². The third-order valence-electron chi connectivity index (χ3n) is 2.90. The Morgan fingerprint density at radius 2 is 2.06 bits per heavy atom. The van der Waals surface area contributed by atoms with E-state index in [1.165, 1.54) is 0 Å². The number of benzene rings is 1. The summed E-state index contributed by atoms with van der Waals surface area (Å²) in [5.41, 5.74) is 2.96. The number of para-hydroxylation sites is 1. The Kier molecular flexibility index (Phi) is 3.47. The van der Waals surface area contributed by atoms with E-state index in [2.05, 4.69) is 12.0 Å². The van der Waals surface area contributed by atoms with Gasteiger partial charge in [-0.3, -0.25) is 0 Å². The van der Waals surface area contributed by atoms with E-state index in [9.17, 15) is 5.11 Å². The van der Waals surface area contributed by atoms with E-state index in [0.717, 1.165) is 36.2 Å². The number of nitrogens with zero attached hydrogens (tertiary/aromatic N) is 2. The molecule has 0 aliphatic carbocycles. The molecule has 2 aromatic rings. The fraction of sp³-hybridized carbons (Fsp3) is 0.357. The van der Waals surface area contributed by atoms with Gasteiger partial charge in [0.05, 0.1) is 11.9 Å². The Morgan fingerprint density at radius 3 is 2.76 bits per heavy atom. The van der Waals surface area contributed by atoms with Crippen LogP contribution in [0.2, 0.25) is 0 Å². The van der Waals surface area contributed by atoms with Crippen LogP contribution in [0.1, 0.15) is 31.0 Å². The predicted octanol–water partition coefficient (Wildman–Crippen LogP) is 3.23. The molecular weight excluding hydrogens is 212 g/mol. The van der Waals surface area contributed by atoms with Crippen LogP contribution in [-0.4, -0.2) is 14.9 Å². The largest absolute Gasteiger partial charge is 0.504 e. The Balaban J connectivity index is 2.31. The first-order valence-electron chi connectivity index (χ1n) is 6.06. The lowest BCUT2D eigenvalue weighted by Crippen LogP contribution is -1.98. The Morgan fingerprint density at radius 1 is 1.29 bits per heavy atom. The molecule has 3 nitrogen and oxygen atoms in total. The van der Waals surface area contributed by atoms with Gasteiger partial charge in [-0.2, -0.15) is 5.10 Å². The Bertz CT molecular complexity index is 503. The first-order chi connectivity index (χ1) is 8.22. The van der Waals surface area contributed by atoms with Crippen LogP contribution in [0, 0.1) is 6.92 Å². The molecule has 1 N–H and O–H groups in total. The van der Waals surface area contributed by atoms with Gasteiger partial charge in [-0.25, -0.2) is 4.68 Å². The lowest BCUT2D eigenvalue weighted by molar-refractivity contribution is 0.467. The molecule has 1 heterocycles. The summed E-state index contributed by atoms with van der Waals surface area (Å²) in [5.74, 6) is 0.293. The van der Waals surface area contributed by atoms with Crippen LogP contribution in [0.25, 0.3) is 5.69 Å². The number of hydrogen-bond acceptors (Lipinski definition) is 2. The lowest BCUT2D eigenvalue weighted by atomic mass is 10.2. The van der Waals surface area contributed by atoms with Crippen LogP contribution >= 0.6 is 0 Å². The molecule has 0 unspecified atom stereocenters. The molecule has 0 spiro atoms. The highest BCUT2D eigenvalue weighted by Gasteiger charge is 2.09. The van der Waals surface area contributed by atoms with E-state index in [0.29, 0.717) is 5.75 Å². The number of aromatic nitrogens is 2. The van der Waals surface area contributed by atoms with Gasteiger partial charge < -0.3 is 5.11 Å². The molecule has 1 aromatic heterocycles. The number of rotatable bonds is 4. The minimum Gasteiger partial charge on any atom is -0.504 e. The van der Waals surface area contributed by atoms with Crippen molar-refractivity contribution in [2.75, 3.05) is 0 Å². The van der Waals surface area contributed by atoms with Crippen molar-refractivity contribution in [2.24, 2.45) is 0 Å². The van der Waals surface area contributed by atoms with E-state index < -0.39 is 0 Å². The van der Waals surface area contributed by atoms with E-state index in [-0.39, 0.29) is 0 Å². The molecule has 0 bridgehead atoms. The first kappa shape index (κ1) is 11.7. The third kappa shape index (κ3) is 2.49. The van der Waals surface area contributed by atoms with Gasteiger partial charge in [0.1, 0.15) is 5.69 Å². The molecule has 0 atom stereocenters. The highest BCUT2D eigenvalue weighted by atomic mass is 16.3. The molecule has 1 aromatic carbocycles. The van der Waals surface area contributed by atoms with Gasteiger partial charge in [-0.05, 0) is 31.4 Å². The molecule has 0 amide bonds. The second-order valence-corrected chi connectivity index (χ2v) is 4.30. The number of unbranched alkanes of at least 4 members (excludes halogenated alkanes) is 1. The molecular formula is C14H18N2O. The van der Waals surface area contributed by atoms with Gasteiger partial charge in [0.2, 0.25) is 0 Å². The van der Waals surface area contributed by atoms with Crippen LogP contribution in [0.4, 0.5) is 0 Å². The lowest BCUT2D eigenvalue weighted by Gasteiger charge is -2.04. The summed E-state index contributed by atoms with van der Waals surface area (Å²) >= 11 is 0. The van der Waals surface area contributed by atoms with Crippen molar-refractivity contribution >= 4 is 0 Å². The average molecular weight is 230 g/mol. The van der Waals surface area contributed by atoms with Crippen LogP contribution in [-0.2, 0) is 6.42 Å². The molecule has 2 rings (SSSR count). The molecule has 17 heavy (non-hydrogen) atoms. The fourth-order valence-electron chi connectivity index (χ4n) is 1.87.